The molecule has 150 valence electrons. The summed E-state index contributed by atoms with van der Waals surface area (Å²) in [7, 11) is 3.25. The van der Waals surface area contributed by atoms with Gasteiger partial charge in [0.05, 0.1) is 14.1 Å². The summed E-state index contributed by atoms with van der Waals surface area (Å²) in [5, 5.41) is 11.7. The van der Waals surface area contributed by atoms with Crippen LogP contribution in [0.15, 0.2) is 84.9 Å². The van der Waals surface area contributed by atoms with Gasteiger partial charge in [-0.05, 0) is 46.4 Å². The Balaban J connectivity index is 1.96. The first kappa shape index (κ1) is 20.8. The molecule has 0 amide bonds. The van der Waals surface area contributed by atoms with Gasteiger partial charge >= 0.3 is 0 Å². The summed E-state index contributed by atoms with van der Waals surface area (Å²) >= 11 is 0. The monoisotopic (exact) mass is 387 g/mol. The topological polar surface area (TPSA) is 32.3 Å². The number of likely N-dealkylation sites (N-methyl/N-ethyl adjacent to an activating group) is 1. The third kappa shape index (κ3) is 5.80. The number of hydroxylamine groups is 3. The molecule has 0 radical (unpaired) electrons. The molecule has 3 heteroatoms. The van der Waals surface area contributed by atoms with E-state index in [0.717, 1.165) is 17.7 Å². The highest BCUT2D eigenvalue weighted by atomic mass is 16.5. The molecule has 3 rings (SSSR count). The fourth-order valence-electron chi connectivity index (χ4n) is 3.39. The Bertz CT molecular complexity index is 924. The van der Waals surface area contributed by atoms with Gasteiger partial charge in [0.2, 0.25) is 0 Å². The summed E-state index contributed by atoms with van der Waals surface area (Å²) in [6.07, 6.45) is 0.934. The zero-order valence-corrected chi connectivity index (χ0v) is 17.5. The van der Waals surface area contributed by atoms with Crippen LogP contribution in [0.4, 0.5) is 0 Å². The largest absolute Gasteiger partial charge is 0.633 e. The molecule has 0 atom stereocenters. The van der Waals surface area contributed by atoms with Crippen LogP contribution in [0.2, 0.25) is 0 Å². The van der Waals surface area contributed by atoms with Crippen molar-refractivity contribution in [1.82, 2.24) is 0 Å². The Kier molecular flexibility index (Phi) is 6.86. The maximum absolute atomic E-state index is 11.7. The first-order valence-electron chi connectivity index (χ1n) is 10.1. The highest BCUT2D eigenvalue weighted by molar-refractivity contribution is 5.98. The van der Waals surface area contributed by atoms with Gasteiger partial charge in [-0.15, -0.1) is 0 Å². The zero-order chi connectivity index (χ0) is 20.7. The van der Waals surface area contributed by atoms with Crippen LogP contribution < -0.4 is 4.74 Å². The second-order valence-electron chi connectivity index (χ2n) is 7.61. The quantitative estimate of drug-likeness (QED) is 0.269. The number of hydrogen-bond donors (Lipinski definition) is 0. The van der Waals surface area contributed by atoms with Crippen molar-refractivity contribution in [1.29, 1.82) is 0 Å². The SMILES string of the molecule is CC/C(=C(\c1ccccc1)c1ccc(OCC[N+](C)(C)[O-])cc1)c1ccccc1. The second-order valence-corrected chi connectivity index (χ2v) is 7.61. The average molecular weight is 388 g/mol. The molecule has 0 heterocycles. The molecular formula is C26H29NO2. The molecule has 0 aliphatic heterocycles. The lowest BCUT2D eigenvalue weighted by Gasteiger charge is -2.33. The maximum atomic E-state index is 11.7. The molecule has 0 aromatic heterocycles. The summed E-state index contributed by atoms with van der Waals surface area (Å²) in [6, 6.07) is 29.3. The molecule has 3 aromatic carbocycles. The third-order valence-electron chi connectivity index (χ3n) is 4.88. The maximum Gasteiger partial charge on any atom is 0.137 e. The average Bonchev–Trinajstić information content (AvgIpc) is 2.73. The van der Waals surface area contributed by atoms with Crippen LogP contribution in [-0.4, -0.2) is 31.9 Å². The van der Waals surface area contributed by atoms with E-state index in [4.69, 9.17) is 4.74 Å². The molecule has 0 saturated heterocycles. The van der Waals surface area contributed by atoms with Crippen LogP contribution in [0.25, 0.3) is 11.1 Å². The van der Waals surface area contributed by atoms with E-state index in [0.29, 0.717) is 13.2 Å². The second kappa shape index (κ2) is 9.55. The standard InChI is InChI=1S/C26H29NO2/c1-4-25(21-11-7-5-8-12-21)26(22-13-9-6-10-14-22)23-15-17-24(18-16-23)29-20-19-27(2,3)28/h5-18H,4,19-20H2,1-3H3/b26-25-. The van der Waals surface area contributed by atoms with E-state index in [1.165, 1.54) is 22.3 Å². The van der Waals surface area contributed by atoms with E-state index >= 15 is 0 Å². The van der Waals surface area contributed by atoms with Gasteiger partial charge in [0.1, 0.15) is 18.9 Å². The van der Waals surface area contributed by atoms with Gasteiger partial charge in [0, 0.05) is 0 Å². The van der Waals surface area contributed by atoms with Gasteiger partial charge in [0.25, 0.3) is 0 Å². The van der Waals surface area contributed by atoms with Crippen molar-refractivity contribution in [2.24, 2.45) is 0 Å². The van der Waals surface area contributed by atoms with E-state index < -0.39 is 0 Å². The molecule has 0 N–H and O–H groups in total. The fraction of sp³-hybridized carbons (Fsp3) is 0.231. The Labute approximate surface area is 174 Å². The lowest BCUT2D eigenvalue weighted by Crippen LogP contribution is -2.36. The van der Waals surface area contributed by atoms with Gasteiger partial charge in [0.15, 0.2) is 0 Å². The minimum absolute atomic E-state index is 0.351. The Morgan fingerprint density at radius 2 is 1.28 bits per heavy atom. The lowest BCUT2D eigenvalue weighted by molar-refractivity contribution is -0.840. The van der Waals surface area contributed by atoms with Crippen LogP contribution in [0.3, 0.4) is 0 Å². The number of rotatable bonds is 8. The first-order chi connectivity index (χ1) is 14.0. The van der Waals surface area contributed by atoms with Crippen molar-refractivity contribution in [3.05, 3.63) is 107 Å². The summed E-state index contributed by atoms with van der Waals surface area (Å²) in [4.78, 5) is 0. The summed E-state index contributed by atoms with van der Waals surface area (Å²) in [5.74, 6) is 0.785. The van der Waals surface area contributed by atoms with Gasteiger partial charge in [-0.2, -0.15) is 0 Å². The minimum Gasteiger partial charge on any atom is -0.633 e. The normalized spacial score (nSPS) is 12.4. The highest BCUT2D eigenvalue weighted by Crippen LogP contribution is 2.34. The van der Waals surface area contributed by atoms with Gasteiger partial charge in [-0.25, -0.2) is 0 Å². The molecule has 0 saturated carbocycles. The molecule has 0 aliphatic rings. The van der Waals surface area contributed by atoms with Crippen LogP contribution in [-0.2, 0) is 0 Å². The number of nitrogens with zero attached hydrogens (tertiary/aromatic N) is 1. The highest BCUT2D eigenvalue weighted by Gasteiger charge is 2.13. The molecule has 29 heavy (non-hydrogen) atoms. The fourth-order valence-corrected chi connectivity index (χ4v) is 3.39. The van der Waals surface area contributed by atoms with Crippen LogP contribution >= 0.6 is 0 Å². The summed E-state index contributed by atoms with van der Waals surface area (Å²) in [6.45, 7) is 3.03. The van der Waals surface area contributed by atoms with Crippen LogP contribution in [0.1, 0.15) is 30.0 Å². The minimum atomic E-state index is -0.351. The summed E-state index contributed by atoms with van der Waals surface area (Å²) < 4.78 is 5.41. The van der Waals surface area contributed by atoms with Gasteiger partial charge in [-0.1, -0.05) is 79.7 Å². The predicted molar refractivity (Wildman–Crippen MR) is 121 cm³/mol. The van der Waals surface area contributed by atoms with E-state index in [2.05, 4.69) is 67.6 Å². The first-order valence-corrected chi connectivity index (χ1v) is 10.1. The van der Waals surface area contributed by atoms with Crippen molar-refractivity contribution in [2.75, 3.05) is 27.2 Å². The Hall–Kier alpha value is -2.88. The van der Waals surface area contributed by atoms with Crippen molar-refractivity contribution < 1.29 is 9.38 Å². The Morgan fingerprint density at radius 1 is 0.759 bits per heavy atom. The van der Waals surface area contributed by atoms with Crippen molar-refractivity contribution in [3.63, 3.8) is 0 Å². The molecule has 0 aliphatic carbocycles. The lowest BCUT2D eigenvalue weighted by atomic mass is 9.88. The van der Waals surface area contributed by atoms with E-state index in [-0.39, 0.29) is 4.65 Å². The predicted octanol–water partition coefficient (Wildman–Crippen LogP) is 6.01. The number of ether oxygens (including phenoxy) is 1. The van der Waals surface area contributed by atoms with Crippen LogP contribution in [0.5, 0.6) is 5.75 Å². The van der Waals surface area contributed by atoms with Gasteiger partial charge < -0.3 is 14.6 Å². The third-order valence-corrected chi connectivity index (χ3v) is 4.88. The smallest absolute Gasteiger partial charge is 0.137 e. The molecular weight excluding hydrogens is 358 g/mol. The number of allylic oxidation sites excluding steroid dienone is 1. The van der Waals surface area contributed by atoms with E-state index in [1.54, 1.807) is 14.1 Å². The number of benzene rings is 3. The number of quaternary nitrogens is 1. The van der Waals surface area contributed by atoms with Crippen molar-refractivity contribution in [2.45, 2.75) is 13.3 Å². The van der Waals surface area contributed by atoms with Crippen LogP contribution in [0, 0.1) is 5.21 Å². The van der Waals surface area contributed by atoms with Gasteiger partial charge in [-0.3, -0.25) is 0 Å². The molecule has 0 fully saturated rings. The molecule has 0 bridgehead atoms. The van der Waals surface area contributed by atoms with Crippen molar-refractivity contribution >= 4 is 11.1 Å². The molecule has 0 unspecified atom stereocenters. The molecule has 3 aromatic rings. The molecule has 0 spiro atoms. The van der Waals surface area contributed by atoms with Crippen molar-refractivity contribution in [3.8, 4) is 5.75 Å². The zero-order valence-electron chi connectivity index (χ0n) is 17.5. The summed E-state index contributed by atoms with van der Waals surface area (Å²) in [5.41, 5.74) is 6.15. The van der Waals surface area contributed by atoms with E-state index in [1.807, 2.05) is 24.3 Å². The Morgan fingerprint density at radius 3 is 1.79 bits per heavy atom. The molecule has 3 nitrogen and oxygen atoms in total. The number of hydrogen-bond acceptors (Lipinski definition) is 2. The van der Waals surface area contributed by atoms with E-state index in [9.17, 15) is 5.21 Å².